The Morgan fingerprint density at radius 2 is 2.05 bits per heavy atom. The molecule has 0 radical (unpaired) electrons. The molecule has 8 heteroatoms. The predicted octanol–water partition coefficient (Wildman–Crippen LogP) is 2.76. The first kappa shape index (κ1) is 14.7. The Morgan fingerprint density at radius 1 is 1.40 bits per heavy atom. The molecule has 0 bridgehead atoms. The van der Waals surface area contributed by atoms with Crippen molar-refractivity contribution in [3.05, 3.63) is 46.2 Å². The van der Waals surface area contributed by atoms with Crippen LogP contribution in [0.25, 0.3) is 0 Å². The van der Waals surface area contributed by atoms with E-state index in [-0.39, 0.29) is 22.0 Å². The van der Waals surface area contributed by atoms with Gasteiger partial charge in [0, 0.05) is 18.3 Å². The average Bonchev–Trinajstić information content (AvgIpc) is 2.67. The largest absolute Gasteiger partial charge is 0.416 e. The third-order valence-electron chi connectivity index (χ3n) is 2.91. The van der Waals surface area contributed by atoms with Crippen molar-refractivity contribution in [3.63, 3.8) is 0 Å². The van der Waals surface area contributed by atoms with Crippen molar-refractivity contribution >= 4 is 17.3 Å². The summed E-state index contributed by atoms with van der Waals surface area (Å²) < 4.78 is 39.4. The number of aromatic nitrogens is 2. The Balaban J connectivity index is 2.52. The van der Waals surface area contributed by atoms with Crippen LogP contribution in [0.3, 0.4) is 0 Å². The average molecular weight is 306 g/mol. The summed E-state index contributed by atoms with van der Waals surface area (Å²) in [6, 6.07) is 2.77. The minimum Gasteiger partial charge on any atom is -0.398 e. The molecule has 1 aromatic heterocycles. The fourth-order valence-electron chi connectivity index (χ4n) is 1.86. The van der Waals surface area contributed by atoms with E-state index in [9.17, 15) is 18.3 Å². The van der Waals surface area contributed by atoms with E-state index in [0.29, 0.717) is 0 Å². The molecule has 0 saturated heterocycles. The molecule has 2 rings (SSSR count). The number of rotatable bonds is 2. The van der Waals surface area contributed by atoms with Gasteiger partial charge in [0.15, 0.2) is 0 Å². The summed E-state index contributed by atoms with van der Waals surface area (Å²) >= 11 is 5.87. The van der Waals surface area contributed by atoms with E-state index < -0.39 is 17.8 Å². The lowest BCUT2D eigenvalue weighted by Gasteiger charge is -2.16. The minimum atomic E-state index is -4.52. The van der Waals surface area contributed by atoms with Crippen LogP contribution < -0.4 is 5.73 Å². The van der Waals surface area contributed by atoms with Crippen LogP contribution in [0.15, 0.2) is 24.4 Å². The first-order valence-electron chi connectivity index (χ1n) is 5.54. The molecule has 0 saturated carbocycles. The predicted molar refractivity (Wildman–Crippen MR) is 68.1 cm³/mol. The lowest BCUT2D eigenvalue weighted by Crippen LogP contribution is -2.12. The number of halogens is 4. The van der Waals surface area contributed by atoms with Crippen LogP contribution in [0.5, 0.6) is 0 Å². The highest BCUT2D eigenvalue weighted by molar-refractivity contribution is 6.31. The Morgan fingerprint density at radius 3 is 2.55 bits per heavy atom. The third kappa shape index (κ3) is 2.59. The molecule has 1 atom stereocenters. The van der Waals surface area contributed by atoms with E-state index in [2.05, 4.69) is 5.10 Å². The summed E-state index contributed by atoms with van der Waals surface area (Å²) in [6.07, 6.45) is -4.61. The number of aliphatic hydroxyl groups is 1. The van der Waals surface area contributed by atoms with Crippen molar-refractivity contribution in [2.24, 2.45) is 7.05 Å². The van der Waals surface area contributed by atoms with Gasteiger partial charge in [-0.1, -0.05) is 11.6 Å². The molecule has 4 nitrogen and oxygen atoms in total. The van der Waals surface area contributed by atoms with E-state index in [1.807, 2.05) is 0 Å². The van der Waals surface area contributed by atoms with Gasteiger partial charge in [0.1, 0.15) is 6.10 Å². The smallest absolute Gasteiger partial charge is 0.398 e. The normalized spacial score (nSPS) is 13.5. The van der Waals surface area contributed by atoms with Crippen molar-refractivity contribution < 1.29 is 18.3 Å². The number of hydrogen-bond donors (Lipinski definition) is 2. The van der Waals surface area contributed by atoms with E-state index in [4.69, 9.17) is 17.3 Å². The van der Waals surface area contributed by atoms with Crippen molar-refractivity contribution in [1.82, 2.24) is 9.78 Å². The van der Waals surface area contributed by atoms with Crippen LogP contribution in [-0.4, -0.2) is 14.9 Å². The highest BCUT2D eigenvalue weighted by Crippen LogP contribution is 2.36. The molecule has 1 aromatic carbocycles. The van der Waals surface area contributed by atoms with E-state index >= 15 is 0 Å². The lowest BCUT2D eigenvalue weighted by atomic mass is 10.0. The van der Waals surface area contributed by atoms with Crippen LogP contribution in [0.2, 0.25) is 5.02 Å². The van der Waals surface area contributed by atoms with Gasteiger partial charge in [-0.2, -0.15) is 18.3 Å². The zero-order chi connectivity index (χ0) is 15.1. The van der Waals surface area contributed by atoms with Crippen LogP contribution in [0, 0.1) is 0 Å². The number of benzene rings is 1. The Labute approximate surface area is 117 Å². The summed E-state index contributed by atoms with van der Waals surface area (Å²) in [5.74, 6) is 0. The van der Waals surface area contributed by atoms with E-state index in [0.717, 1.165) is 18.2 Å². The first-order chi connectivity index (χ1) is 9.21. The van der Waals surface area contributed by atoms with Crippen molar-refractivity contribution in [1.29, 1.82) is 0 Å². The van der Waals surface area contributed by atoms with Crippen molar-refractivity contribution in [3.8, 4) is 0 Å². The molecule has 0 amide bonds. The second-order valence-electron chi connectivity index (χ2n) is 4.25. The zero-order valence-electron chi connectivity index (χ0n) is 10.3. The van der Waals surface area contributed by atoms with Crippen molar-refractivity contribution in [2.45, 2.75) is 12.3 Å². The van der Waals surface area contributed by atoms with Crippen LogP contribution in [0.1, 0.15) is 22.9 Å². The maximum Gasteiger partial charge on any atom is 0.416 e. The number of anilines is 1. The second-order valence-corrected chi connectivity index (χ2v) is 4.65. The van der Waals surface area contributed by atoms with Crippen LogP contribution in [0.4, 0.5) is 18.9 Å². The van der Waals surface area contributed by atoms with Crippen molar-refractivity contribution in [2.75, 3.05) is 5.73 Å². The summed E-state index contributed by atoms with van der Waals surface area (Å²) in [5, 5.41) is 14.2. The van der Waals surface area contributed by atoms with Gasteiger partial charge in [0.2, 0.25) is 0 Å². The van der Waals surface area contributed by atoms with Crippen LogP contribution in [-0.2, 0) is 13.2 Å². The first-order valence-corrected chi connectivity index (χ1v) is 5.91. The fourth-order valence-corrected chi connectivity index (χ4v) is 2.13. The quantitative estimate of drug-likeness (QED) is 0.839. The highest BCUT2D eigenvalue weighted by atomic mass is 35.5. The maximum atomic E-state index is 12.7. The zero-order valence-corrected chi connectivity index (χ0v) is 11.1. The van der Waals surface area contributed by atoms with Gasteiger partial charge in [0.25, 0.3) is 0 Å². The Hall–Kier alpha value is -1.73. The number of alkyl halides is 3. The molecule has 108 valence electrons. The molecular formula is C12H11ClF3N3O. The Kier molecular flexibility index (Phi) is 3.66. The maximum absolute atomic E-state index is 12.7. The highest BCUT2D eigenvalue weighted by Gasteiger charge is 2.32. The molecule has 0 aliphatic heterocycles. The molecule has 1 heterocycles. The van der Waals surface area contributed by atoms with Gasteiger partial charge in [-0.25, -0.2) is 0 Å². The molecule has 20 heavy (non-hydrogen) atoms. The number of nitrogens with zero attached hydrogens (tertiary/aromatic N) is 2. The van der Waals surface area contributed by atoms with E-state index in [1.165, 1.54) is 17.9 Å². The molecule has 0 fully saturated rings. The number of aliphatic hydroxyl groups excluding tert-OH is 1. The summed E-state index contributed by atoms with van der Waals surface area (Å²) in [6.45, 7) is 0. The van der Waals surface area contributed by atoms with Gasteiger partial charge >= 0.3 is 6.18 Å². The summed E-state index contributed by atoms with van der Waals surface area (Å²) in [4.78, 5) is 0. The summed E-state index contributed by atoms with van der Waals surface area (Å²) in [7, 11) is 1.52. The van der Waals surface area contributed by atoms with Gasteiger partial charge in [-0.05, 0) is 18.2 Å². The molecule has 0 aliphatic carbocycles. The second kappa shape index (κ2) is 4.99. The van der Waals surface area contributed by atoms with E-state index in [1.54, 1.807) is 0 Å². The van der Waals surface area contributed by atoms with Gasteiger partial charge in [-0.3, -0.25) is 4.68 Å². The Bertz CT molecular complexity index is 620. The third-order valence-corrected chi connectivity index (χ3v) is 3.20. The summed E-state index contributed by atoms with van der Waals surface area (Å²) in [5.41, 5.74) is 4.91. The van der Waals surface area contributed by atoms with Gasteiger partial charge in [0.05, 0.1) is 22.5 Å². The molecule has 1 unspecified atom stereocenters. The molecule has 0 spiro atoms. The molecule has 0 aliphatic rings. The number of hydrogen-bond acceptors (Lipinski definition) is 3. The van der Waals surface area contributed by atoms with Gasteiger partial charge < -0.3 is 10.8 Å². The fraction of sp³-hybridized carbons (Fsp3) is 0.250. The lowest BCUT2D eigenvalue weighted by molar-refractivity contribution is -0.137. The number of nitrogens with two attached hydrogens (primary N) is 1. The molecule has 3 N–H and O–H groups in total. The minimum absolute atomic E-state index is 0.0442. The SMILES string of the molecule is Cn1ncc(Cl)c1C(O)c1cc(C(F)(F)F)ccc1N. The molecule has 2 aromatic rings. The number of aryl methyl sites for hydroxylation is 1. The standard InChI is InChI=1S/C12H11ClF3N3O/c1-19-10(8(13)5-18-19)11(20)7-4-6(12(14,15)16)2-3-9(7)17/h2-5,11,20H,17H2,1H3. The number of nitrogen functional groups attached to an aromatic ring is 1. The topological polar surface area (TPSA) is 64.1 Å². The van der Waals surface area contributed by atoms with Crippen LogP contribution >= 0.6 is 11.6 Å². The monoisotopic (exact) mass is 305 g/mol. The molecular weight excluding hydrogens is 295 g/mol. The van der Waals surface area contributed by atoms with Gasteiger partial charge in [-0.15, -0.1) is 0 Å².